The van der Waals surface area contributed by atoms with Crippen molar-refractivity contribution < 1.29 is 26.6 Å². The molecule has 0 rings (SSSR count). The van der Waals surface area contributed by atoms with Crippen LogP contribution in [-0.4, -0.2) is 66.7 Å². The van der Waals surface area contributed by atoms with Crippen LogP contribution < -0.4 is 0 Å². The molecule has 0 saturated heterocycles. The van der Waals surface area contributed by atoms with E-state index in [0.29, 0.717) is 0 Å². The fourth-order valence-corrected chi connectivity index (χ4v) is 3.90. The van der Waals surface area contributed by atoms with Gasteiger partial charge in [0.05, 0.1) is 0 Å². The van der Waals surface area contributed by atoms with Gasteiger partial charge in [0.2, 0.25) is 0 Å². The Balaban J connectivity index is 0. The van der Waals surface area contributed by atoms with Crippen LogP contribution in [0.3, 0.4) is 0 Å². The smallest absolute Gasteiger partial charge is 0.379 e. The van der Waals surface area contributed by atoms with Crippen LogP contribution in [0, 0.1) is 0 Å². The monoisotopic (exact) mass is 318 g/mol. The van der Waals surface area contributed by atoms with Gasteiger partial charge in [0.15, 0.2) is 0 Å². The highest BCUT2D eigenvalue weighted by atomic mass is 32.1. The summed E-state index contributed by atoms with van der Waals surface area (Å²) < 4.78 is 29.8. The zero-order chi connectivity index (χ0) is 14.4. The van der Waals surface area contributed by atoms with Gasteiger partial charge in [0.25, 0.3) is 0 Å². The fourth-order valence-electron chi connectivity index (χ4n) is 1.14. The first kappa shape index (κ1) is 20.9. The zero-order valence-corrected chi connectivity index (χ0v) is 15.1. The van der Waals surface area contributed by atoms with Gasteiger partial charge in [-0.2, -0.15) is 12.6 Å². The lowest BCUT2D eigenvalue weighted by atomic mass is 10.6. The van der Waals surface area contributed by atoms with Crippen molar-refractivity contribution >= 4 is 31.0 Å². The van der Waals surface area contributed by atoms with Crippen LogP contribution in [0.2, 0.25) is 6.04 Å². The fraction of sp³-hybridized carbons (Fsp3) is 1.00. The molecule has 0 aromatic heterocycles. The van der Waals surface area contributed by atoms with Gasteiger partial charge in [-0.05, 0) is 12.2 Å². The number of hydrogen-bond acceptors (Lipinski definition) is 7. The second-order valence-corrected chi connectivity index (χ2v) is 8.65. The van der Waals surface area contributed by atoms with Crippen molar-refractivity contribution in [2.45, 2.75) is 12.5 Å². The summed E-state index contributed by atoms with van der Waals surface area (Å²) in [5.41, 5.74) is 0. The molecule has 0 aliphatic carbocycles. The lowest BCUT2D eigenvalue weighted by molar-refractivity contribution is 0.123. The van der Waals surface area contributed by atoms with Crippen LogP contribution in [0.25, 0.3) is 0 Å². The molecule has 0 aliphatic heterocycles. The van der Waals surface area contributed by atoms with E-state index in [-0.39, 0.29) is 0 Å². The molecule has 0 aliphatic rings. The minimum atomic E-state index is -2.29. The first-order chi connectivity index (χ1) is 8.59. The van der Waals surface area contributed by atoms with E-state index in [0.717, 1.165) is 18.2 Å². The Morgan fingerprint density at radius 3 is 1.39 bits per heavy atom. The van der Waals surface area contributed by atoms with Crippen molar-refractivity contribution in [1.29, 1.82) is 0 Å². The molecule has 18 heavy (non-hydrogen) atoms. The Morgan fingerprint density at radius 1 is 0.833 bits per heavy atom. The average molecular weight is 319 g/mol. The van der Waals surface area contributed by atoms with Gasteiger partial charge in [-0.1, -0.05) is 0 Å². The van der Waals surface area contributed by atoms with E-state index in [1.807, 2.05) is 0 Å². The molecule has 0 N–H and O–H groups in total. The van der Waals surface area contributed by atoms with Gasteiger partial charge in [-0.25, -0.2) is 0 Å². The van der Waals surface area contributed by atoms with Gasteiger partial charge >= 0.3 is 18.3 Å². The van der Waals surface area contributed by atoms with E-state index < -0.39 is 18.3 Å². The van der Waals surface area contributed by atoms with Crippen molar-refractivity contribution in [3.63, 3.8) is 0 Å². The second kappa shape index (κ2) is 14.0. The van der Waals surface area contributed by atoms with E-state index in [9.17, 15) is 0 Å². The van der Waals surface area contributed by atoms with Gasteiger partial charge in [0.1, 0.15) is 0 Å². The summed E-state index contributed by atoms with van der Waals surface area (Å²) in [6.45, 7) is 0. The van der Waals surface area contributed by atoms with Gasteiger partial charge in [-0.15, -0.1) is 0 Å². The molecule has 0 saturated carbocycles. The first-order valence-electron chi connectivity index (χ1n) is 5.44. The molecular weight excluding hydrogens is 292 g/mol. The first-order valence-corrected chi connectivity index (χ1v) is 9.42. The number of hydrogen-bond donors (Lipinski definition) is 1. The molecule has 0 unspecified atom stereocenters. The predicted octanol–water partition coefficient (Wildman–Crippen LogP) is 0.827. The maximum Gasteiger partial charge on any atom is 0.500 e. The highest BCUT2D eigenvalue weighted by molar-refractivity contribution is 7.80. The van der Waals surface area contributed by atoms with E-state index in [2.05, 4.69) is 12.6 Å². The number of rotatable bonds is 9. The zero-order valence-electron chi connectivity index (χ0n) is 12.1. The van der Waals surface area contributed by atoms with E-state index in [4.69, 9.17) is 26.6 Å². The maximum atomic E-state index is 5.20. The normalized spacial score (nSPS) is 11.3. The van der Waals surface area contributed by atoms with Crippen LogP contribution >= 0.6 is 12.6 Å². The van der Waals surface area contributed by atoms with Crippen molar-refractivity contribution in [1.82, 2.24) is 0 Å². The third-order valence-corrected chi connectivity index (χ3v) is 6.45. The highest BCUT2D eigenvalue weighted by Crippen LogP contribution is 2.14. The summed E-state index contributed by atoms with van der Waals surface area (Å²) in [6.07, 6.45) is 0.963. The average Bonchev–Trinajstić information content (AvgIpc) is 2.44. The molecule has 0 radical (unpaired) electrons. The summed E-state index contributed by atoms with van der Waals surface area (Å²) in [6, 6.07) is 0.833. The van der Waals surface area contributed by atoms with Crippen molar-refractivity contribution in [2.75, 3.05) is 48.4 Å². The van der Waals surface area contributed by atoms with Crippen molar-refractivity contribution in [2.24, 2.45) is 0 Å². The quantitative estimate of drug-likeness (QED) is 0.502. The summed E-state index contributed by atoms with van der Waals surface area (Å²) in [5.74, 6) is 0.838. The minimum absolute atomic E-state index is 0.833. The molecule has 0 spiro atoms. The largest absolute Gasteiger partial charge is 0.500 e. The molecule has 0 aromatic rings. The molecule has 0 amide bonds. The molecule has 0 atom stereocenters. The lowest BCUT2D eigenvalue weighted by Gasteiger charge is -2.23. The Labute approximate surface area is 119 Å². The summed E-state index contributed by atoms with van der Waals surface area (Å²) in [4.78, 5) is 0. The Bertz CT molecular complexity index is 155. The third-order valence-electron chi connectivity index (χ3n) is 2.15. The van der Waals surface area contributed by atoms with Crippen LogP contribution in [0.1, 0.15) is 6.42 Å². The predicted molar refractivity (Wildman–Crippen MR) is 78.2 cm³/mol. The van der Waals surface area contributed by atoms with Crippen LogP contribution in [0.5, 0.6) is 0 Å². The molecule has 0 bridgehead atoms. The van der Waals surface area contributed by atoms with Gasteiger partial charge in [0, 0.05) is 48.7 Å². The van der Waals surface area contributed by atoms with Crippen LogP contribution in [0.15, 0.2) is 0 Å². The molecule has 9 heteroatoms. The van der Waals surface area contributed by atoms with Gasteiger partial charge < -0.3 is 26.6 Å². The molecule has 6 nitrogen and oxygen atoms in total. The summed E-state index contributed by atoms with van der Waals surface area (Å²) in [7, 11) is 5.63. The van der Waals surface area contributed by atoms with Crippen molar-refractivity contribution in [3.8, 4) is 0 Å². The molecule has 0 heterocycles. The van der Waals surface area contributed by atoms with Gasteiger partial charge in [-0.3, -0.25) is 0 Å². The van der Waals surface area contributed by atoms with Crippen LogP contribution in [-0.2, 0) is 26.6 Å². The van der Waals surface area contributed by atoms with Crippen molar-refractivity contribution in [3.05, 3.63) is 0 Å². The molecule has 112 valence electrons. The molecule has 0 aromatic carbocycles. The standard InChI is InChI=1S/C6H16O3SSi.C3H10O3Si/c1-7-11(8-2,9-3)6-4-5-10;1-4-7(5-2)6-3/h10H,4-6H2,1-3H3;7H,1-3H3. The maximum absolute atomic E-state index is 5.20. The van der Waals surface area contributed by atoms with E-state index in [1.54, 1.807) is 42.7 Å². The Kier molecular flexibility index (Phi) is 16.2. The molecule has 0 fully saturated rings. The van der Waals surface area contributed by atoms with E-state index >= 15 is 0 Å². The molecular formula is C9H26O6SSi2. The summed E-state index contributed by atoms with van der Waals surface area (Å²) in [5, 5.41) is 0. The third kappa shape index (κ3) is 9.47. The Hall–Kier alpha value is 0.544. The SMILES string of the molecule is CO[SiH](OC)OC.CO[Si](CCCS)(OC)OC. The lowest BCUT2D eigenvalue weighted by Crippen LogP contribution is -2.42. The van der Waals surface area contributed by atoms with E-state index in [1.165, 1.54) is 0 Å². The number of thiol groups is 1. The summed E-state index contributed by atoms with van der Waals surface area (Å²) >= 11 is 4.10. The topological polar surface area (TPSA) is 55.4 Å². The minimum Gasteiger partial charge on any atom is -0.379 e. The second-order valence-electron chi connectivity index (χ2n) is 3.12. The highest BCUT2D eigenvalue weighted by Gasteiger charge is 2.36. The van der Waals surface area contributed by atoms with Crippen LogP contribution in [0.4, 0.5) is 0 Å². The Morgan fingerprint density at radius 2 is 1.22 bits per heavy atom.